The highest BCUT2D eigenvalue weighted by Crippen LogP contribution is 2.19. The number of carbonyl (C=O) groups excluding carboxylic acids is 1. The molecule has 0 saturated carbocycles. The molecular formula is C15H17NO2S. The van der Waals surface area contributed by atoms with Crippen molar-refractivity contribution in [2.75, 3.05) is 24.7 Å². The van der Waals surface area contributed by atoms with E-state index < -0.39 is 0 Å². The molecule has 1 saturated heterocycles. The van der Waals surface area contributed by atoms with Crippen molar-refractivity contribution in [3.63, 3.8) is 0 Å². The normalized spacial score (nSPS) is 18.6. The molecule has 19 heavy (non-hydrogen) atoms. The van der Waals surface area contributed by atoms with Gasteiger partial charge in [0.05, 0.1) is 0 Å². The third kappa shape index (κ3) is 3.52. The Morgan fingerprint density at radius 1 is 1.58 bits per heavy atom. The number of aliphatic hydroxyl groups is 1. The van der Waals surface area contributed by atoms with Gasteiger partial charge in [0.2, 0.25) is 0 Å². The first kappa shape index (κ1) is 14.0. The molecule has 0 bridgehead atoms. The van der Waals surface area contributed by atoms with Gasteiger partial charge in [0.1, 0.15) is 6.61 Å². The maximum absolute atomic E-state index is 12.5. The Kier molecular flexibility index (Phi) is 4.89. The highest BCUT2D eigenvalue weighted by atomic mass is 32.2. The van der Waals surface area contributed by atoms with Crippen molar-refractivity contribution in [1.29, 1.82) is 0 Å². The van der Waals surface area contributed by atoms with Gasteiger partial charge in [-0.1, -0.05) is 17.9 Å². The highest BCUT2D eigenvalue weighted by molar-refractivity contribution is 7.99. The predicted molar refractivity (Wildman–Crippen MR) is 78.2 cm³/mol. The lowest BCUT2D eigenvalue weighted by Gasteiger charge is -2.33. The summed E-state index contributed by atoms with van der Waals surface area (Å²) in [7, 11) is 0. The Morgan fingerprint density at radius 3 is 3.16 bits per heavy atom. The van der Waals surface area contributed by atoms with Gasteiger partial charge >= 0.3 is 0 Å². The summed E-state index contributed by atoms with van der Waals surface area (Å²) in [5.41, 5.74) is 1.43. The average Bonchev–Trinajstić information content (AvgIpc) is 2.45. The van der Waals surface area contributed by atoms with E-state index in [9.17, 15) is 4.79 Å². The Balaban J connectivity index is 2.18. The molecule has 0 radical (unpaired) electrons. The van der Waals surface area contributed by atoms with E-state index in [4.69, 9.17) is 5.11 Å². The lowest BCUT2D eigenvalue weighted by molar-refractivity contribution is 0.0716. The summed E-state index contributed by atoms with van der Waals surface area (Å²) >= 11 is 1.89. The van der Waals surface area contributed by atoms with Gasteiger partial charge in [0.25, 0.3) is 5.91 Å². The summed E-state index contributed by atoms with van der Waals surface area (Å²) in [5, 5.41) is 8.69. The van der Waals surface area contributed by atoms with E-state index in [0.717, 1.165) is 23.6 Å². The third-order valence-electron chi connectivity index (χ3n) is 3.05. The van der Waals surface area contributed by atoms with Gasteiger partial charge in [-0.2, -0.15) is 11.8 Å². The van der Waals surface area contributed by atoms with Crippen molar-refractivity contribution < 1.29 is 9.90 Å². The maximum Gasteiger partial charge on any atom is 0.254 e. The highest BCUT2D eigenvalue weighted by Gasteiger charge is 2.24. The number of hydrogen-bond donors (Lipinski definition) is 1. The first-order valence-electron chi connectivity index (χ1n) is 6.31. The number of thioether (sulfide) groups is 1. The van der Waals surface area contributed by atoms with Crippen molar-refractivity contribution >= 4 is 17.7 Å². The summed E-state index contributed by atoms with van der Waals surface area (Å²) in [4.78, 5) is 14.4. The molecule has 1 aromatic rings. The Bertz CT molecular complexity index is 518. The van der Waals surface area contributed by atoms with Crippen LogP contribution in [0.4, 0.5) is 0 Å². The molecule has 0 aliphatic carbocycles. The molecular weight excluding hydrogens is 258 g/mol. The standard InChI is InChI=1S/C15H17NO2S/c1-12-11-19-9-7-16(12)15(18)14-6-2-4-13(10-14)5-3-8-17/h2,4,6,10,12,17H,7-9,11H2,1H3. The minimum absolute atomic E-state index is 0.0699. The Morgan fingerprint density at radius 2 is 2.42 bits per heavy atom. The van der Waals surface area contributed by atoms with Crippen LogP contribution in [-0.2, 0) is 0 Å². The quantitative estimate of drug-likeness (QED) is 0.792. The van der Waals surface area contributed by atoms with Crippen molar-refractivity contribution in [2.45, 2.75) is 13.0 Å². The van der Waals surface area contributed by atoms with Crippen LogP contribution in [0.3, 0.4) is 0 Å². The van der Waals surface area contributed by atoms with Crippen molar-refractivity contribution in [2.24, 2.45) is 0 Å². The average molecular weight is 275 g/mol. The van der Waals surface area contributed by atoms with Gasteiger partial charge in [-0.15, -0.1) is 0 Å². The number of benzene rings is 1. The molecule has 1 heterocycles. The zero-order valence-corrected chi connectivity index (χ0v) is 11.7. The summed E-state index contributed by atoms with van der Waals surface area (Å²) in [6.45, 7) is 2.72. The fourth-order valence-corrected chi connectivity index (χ4v) is 3.08. The zero-order valence-electron chi connectivity index (χ0n) is 10.9. The number of carbonyl (C=O) groups is 1. The second-order valence-electron chi connectivity index (χ2n) is 4.46. The van der Waals surface area contributed by atoms with E-state index in [-0.39, 0.29) is 18.6 Å². The predicted octanol–water partition coefficient (Wildman–Crippen LogP) is 1.61. The van der Waals surface area contributed by atoms with Crippen molar-refractivity contribution in [3.05, 3.63) is 35.4 Å². The van der Waals surface area contributed by atoms with Gasteiger partial charge in [0, 0.05) is 35.2 Å². The fraction of sp³-hybridized carbons (Fsp3) is 0.400. The lowest BCUT2D eigenvalue weighted by atomic mass is 10.1. The summed E-state index contributed by atoms with van der Waals surface area (Å²) in [6, 6.07) is 7.56. The topological polar surface area (TPSA) is 40.5 Å². The van der Waals surface area contributed by atoms with Crippen LogP contribution in [0.1, 0.15) is 22.8 Å². The molecule has 1 fully saturated rings. The van der Waals surface area contributed by atoms with E-state index in [1.165, 1.54) is 0 Å². The molecule has 2 rings (SSSR count). The second-order valence-corrected chi connectivity index (χ2v) is 5.61. The number of rotatable bonds is 1. The first-order chi connectivity index (χ1) is 9.22. The fourth-order valence-electron chi connectivity index (χ4n) is 2.07. The zero-order chi connectivity index (χ0) is 13.7. The summed E-state index contributed by atoms with van der Waals surface area (Å²) in [6.07, 6.45) is 0. The summed E-state index contributed by atoms with van der Waals surface area (Å²) < 4.78 is 0. The number of amides is 1. The molecule has 1 atom stereocenters. The number of nitrogens with zero attached hydrogens (tertiary/aromatic N) is 1. The van der Waals surface area contributed by atoms with Crippen LogP contribution in [0.25, 0.3) is 0 Å². The van der Waals surface area contributed by atoms with Gasteiger partial charge in [-0.25, -0.2) is 0 Å². The monoisotopic (exact) mass is 275 g/mol. The molecule has 0 spiro atoms. The van der Waals surface area contributed by atoms with E-state index in [1.54, 1.807) is 6.07 Å². The van der Waals surface area contributed by atoms with Gasteiger partial charge in [0.15, 0.2) is 0 Å². The van der Waals surface area contributed by atoms with Crippen LogP contribution in [0.2, 0.25) is 0 Å². The SMILES string of the molecule is CC1CSCCN1C(=O)c1cccc(C#CCO)c1. The Hall–Kier alpha value is -1.44. The summed E-state index contributed by atoms with van der Waals surface area (Å²) in [5.74, 6) is 7.49. The van der Waals surface area contributed by atoms with Crippen LogP contribution in [0, 0.1) is 11.8 Å². The molecule has 0 aromatic heterocycles. The van der Waals surface area contributed by atoms with Crippen molar-refractivity contribution in [1.82, 2.24) is 4.90 Å². The molecule has 1 N–H and O–H groups in total. The van der Waals surface area contributed by atoms with E-state index in [2.05, 4.69) is 18.8 Å². The first-order valence-corrected chi connectivity index (χ1v) is 7.46. The molecule has 4 heteroatoms. The lowest BCUT2D eigenvalue weighted by Crippen LogP contribution is -2.44. The molecule has 1 unspecified atom stereocenters. The molecule has 1 aliphatic rings. The molecule has 1 aliphatic heterocycles. The van der Waals surface area contributed by atoms with E-state index >= 15 is 0 Å². The molecule has 1 aromatic carbocycles. The van der Waals surface area contributed by atoms with Gasteiger partial charge in [-0.05, 0) is 25.1 Å². The minimum Gasteiger partial charge on any atom is -0.384 e. The minimum atomic E-state index is -0.168. The maximum atomic E-state index is 12.5. The van der Waals surface area contributed by atoms with Crippen LogP contribution in [-0.4, -0.2) is 46.6 Å². The van der Waals surface area contributed by atoms with Gasteiger partial charge in [-0.3, -0.25) is 4.79 Å². The molecule has 1 amide bonds. The smallest absolute Gasteiger partial charge is 0.254 e. The van der Waals surface area contributed by atoms with Crippen LogP contribution < -0.4 is 0 Å². The van der Waals surface area contributed by atoms with Crippen LogP contribution >= 0.6 is 11.8 Å². The van der Waals surface area contributed by atoms with Crippen molar-refractivity contribution in [3.8, 4) is 11.8 Å². The number of aliphatic hydroxyl groups excluding tert-OH is 1. The second kappa shape index (κ2) is 6.65. The van der Waals surface area contributed by atoms with E-state index in [1.807, 2.05) is 34.9 Å². The number of hydrogen-bond acceptors (Lipinski definition) is 3. The van der Waals surface area contributed by atoms with Crippen LogP contribution in [0.5, 0.6) is 0 Å². The molecule has 3 nitrogen and oxygen atoms in total. The third-order valence-corrected chi connectivity index (χ3v) is 4.24. The van der Waals surface area contributed by atoms with Crippen LogP contribution in [0.15, 0.2) is 24.3 Å². The molecule has 100 valence electrons. The largest absolute Gasteiger partial charge is 0.384 e. The van der Waals surface area contributed by atoms with E-state index in [0.29, 0.717) is 5.56 Å². The van der Waals surface area contributed by atoms with Gasteiger partial charge < -0.3 is 10.0 Å². The Labute approximate surface area is 118 Å².